The van der Waals surface area contributed by atoms with Gasteiger partial charge in [0, 0.05) is 5.02 Å². The smallest absolute Gasteiger partial charge is 0.287 e. The summed E-state index contributed by atoms with van der Waals surface area (Å²) < 4.78 is 30.3. The highest BCUT2D eigenvalue weighted by Crippen LogP contribution is 2.18. The summed E-state index contributed by atoms with van der Waals surface area (Å²) in [5.74, 6) is -0.574. The number of rotatable bonds is 5. The lowest BCUT2D eigenvalue weighted by Crippen LogP contribution is -2.26. The topological polar surface area (TPSA) is 88.4 Å². The van der Waals surface area contributed by atoms with E-state index in [-0.39, 0.29) is 16.9 Å². The second kappa shape index (κ2) is 6.51. The highest BCUT2D eigenvalue weighted by Gasteiger charge is 2.20. The van der Waals surface area contributed by atoms with Gasteiger partial charge in [-0.2, -0.15) is 0 Å². The largest absolute Gasteiger partial charge is 0.438 e. The van der Waals surface area contributed by atoms with E-state index in [0.29, 0.717) is 5.02 Å². The monoisotopic (exact) mass is 342 g/mol. The number of hydrogen-bond donors (Lipinski definition) is 2. The first-order chi connectivity index (χ1) is 10.3. The SMILES string of the molecule is CNS(=O)(=O)c1ccc(C(=O)N[C@H](C)c2ccc(Cl)cc2)o1. The summed E-state index contributed by atoms with van der Waals surface area (Å²) in [4.78, 5) is 12.1. The normalized spacial score (nSPS) is 12.9. The first-order valence-electron chi connectivity index (χ1n) is 6.43. The minimum absolute atomic E-state index is 0.0744. The van der Waals surface area contributed by atoms with E-state index < -0.39 is 15.9 Å². The van der Waals surface area contributed by atoms with Crippen LogP contribution in [0, 0.1) is 0 Å². The van der Waals surface area contributed by atoms with Gasteiger partial charge in [-0.1, -0.05) is 23.7 Å². The van der Waals surface area contributed by atoms with Gasteiger partial charge in [0.25, 0.3) is 15.9 Å². The quantitative estimate of drug-likeness (QED) is 0.872. The second-order valence-corrected chi connectivity index (χ2v) is 6.83. The lowest BCUT2D eigenvalue weighted by atomic mass is 10.1. The zero-order chi connectivity index (χ0) is 16.3. The van der Waals surface area contributed by atoms with Gasteiger partial charge < -0.3 is 9.73 Å². The molecule has 0 aliphatic carbocycles. The van der Waals surface area contributed by atoms with E-state index in [0.717, 1.165) is 5.56 Å². The molecule has 0 bridgehead atoms. The molecule has 0 saturated heterocycles. The van der Waals surface area contributed by atoms with Crippen LogP contribution in [-0.4, -0.2) is 21.4 Å². The first-order valence-corrected chi connectivity index (χ1v) is 8.29. The number of nitrogens with one attached hydrogen (secondary N) is 2. The number of sulfonamides is 1. The van der Waals surface area contributed by atoms with Crippen molar-refractivity contribution in [2.75, 3.05) is 7.05 Å². The number of benzene rings is 1. The van der Waals surface area contributed by atoms with E-state index in [9.17, 15) is 13.2 Å². The molecule has 1 heterocycles. The standard InChI is InChI=1S/C14H15ClN2O4S/c1-9(10-3-5-11(15)6-4-10)17-14(18)12-7-8-13(21-12)22(19,20)16-2/h3-9,16H,1-2H3,(H,17,18)/t9-/m1/s1. The van der Waals surface area contributed by atoms with E-state index in [1.165, 1.54) is 19.2 Å². The number of amides is 1. The van der Waals surface area contributed by atoms with Gasteiger partial charge in [-0.25, -0.2) is 13.1 Å². The molecule has 1 amide bonds. The number of carbonyl (C=O) groups excluding carboxylic acids is 1. The van der Waals surface area contributed by atoms with Crippen molar-refractivity contribution in [2.45, 2.75) is 18.1 Å². The summed E-state index contributed by atoms with van der Waals surface area (Å²) in [7, 11) is -2.44. The predicted octanol–water partition coefficient (Wildman–Crippen LogP) is 2.33. The first kappa shape index (κ1) is 16.5. The van der Waals surface area contributed by atoms with Crippen molar-refractivity contribution in [3.8, 4) is 0 Å². The third-order valence-corrected chi connectivity index (χ3v) is 4.59. The van der Waals surface area contributed by atoms with Crippen LogP contribution >= 0.6 is 11.6 Å². The van der Waals surface area contributed by atoms with Crippen molar-refractivity contribution in [3.63, 3.8) is 0 Å². The van der Waals surface area contributed by atoms with E-state index in [4.69, 9.17) is 16.0 Å². The number of hydrogen-bond acceptors (Lipinski definition) is 4. The van der Waals surface area contributed by atoms with E-state index in [2.05, 4.69) is 10.0 Å². The summed E-state index contributed by atoms with van der Waals surface area (Å²) in [6.45, 7) is 1.80. The van der Waals surface area contributed by atoms with Gasteiger partial charge in [0.05, 0.1) is 6.04 Å². The molecule has 22 heavy (non-hydrogen) atoms. The Labute approximate surface area is 133 Å². The molecule has 0 radical (unpaired) electrons. The molecule has 1 aromatic heterocycles. The van der Waals surface area contributed by atoms with Crippen molar-refractivity contribution >= 4 is 27.5 Å². The van der Waals surface area contributed by atoms with Crippen LogP contribution in [0.4, 0.5) is 0 Å². The molecule has 0 aliphatic heterocycles. The lowest BCUT2D eigenvalue weighted by molar-refractivity contribution is 0.0906. The summed E-state index contributed by atoms with van der Waals surface area (Å²) >= 11 is 5.81. The summed E-state index contributed by atoms with van der Waals surface area (Å²) in [5, 5.41) is 3.02. The fourth-order valence-electron chi connectivity index (χ4n) is 1.79. The highest BCUT2D eigenvalue weighted by atomic mass is 35.5. The van der Waals surface area contributed by atoms with Crippen LogP contribution in [-0.2, 0) is 10.0 Å². The lowest BCUT2D eigenvalue weighted by Gasteiger charge is -2.13. The van der Waals surface area contributed by atoms with Crippen LogP contribution in [0.5, 0.6) is 0 Å². The molecule has 0 spiro atoms. The summed E-state index contributed by atoms with van der Waals surface area (Å²) in [5.41, 5.74) is 0.868. The fraction of sp³-hybridized carbons (Fsp3) is 0.214. The van der Waals surface area contributed by atoms with Crippen molar-refractivity contribution in [3.05, 3.63) is 52.7 Å². The Morgan fingerprint density at radius 1 is 1.18 bits per heavy atom. The van der Waals surface area contributed by atoms with Crippen LogP contribution < -0.4 is 10.0 Å². The van der Waals surface area contributed by atoms with Crippen LogP contribution in [0.2, 0.25) is 5.02 Å². The molecule has 2 aromatic rings. The Morgan fingerprint density at radius 2 is 1.82 bits per heavy atom. The zero-order valence-electron chi connectivity index (χ0n) is 12.0. The maximum absolute atomic E-state index is 12.1. The molecule has 2 rings (SSSR count). The average molecular weight is 343 g/mol. The fourth-order valence-corrected chi connectivity index (χ4v) is 2.56. The number of halogens is 1. The van der Waals surface area contributed by atoms with E-state index in [1.54, 1.807) is 31.2 Å². The van der Waals surface area contributed by atoms with Gasteiger partial charge in [-0.3, -0.25) is 4.79 Å². The Bertz CT molecular complexity index is 768. The van der Waals surface area contributed by atoms with Crippen LogP contribution in [0.1, 0.15) is 29.1 Å². The maximum atomic E-state index is 12.1. The number of carbonyl (C=O) groups is 1. The molecule has 0 unspecified atom stereocenters. The van der Waals surface area contributed by atoms with Crippen molar-refractivity contribution in [1.82, 2.24) is 10.0 Å². The Balaban J connectivity index is 2.11. The molecule has 6 nitrogen and oxygen atoms in total. The van der Waals surface area contributed by atoms with Crippen LogP contribution in [0.15, 0.2) is 45.9 Å². The maximum Gasteiger partial charge on any atom is 0.287 e. The van der Waals surface area contributed by atoms with Gasteiger partial charge in [0.15, 0.2) is 5.76 Å². The molecule has 0 aliphatic rings. The minimum Gasteiger partial charge on any atom is -0.438 e. The molecule has 2 N–H and O–H groups in total. The van der Waals surface area contributed by atoms with Gasteiger partial charge in [-0.15, -0.1) is 0 Å². The molecule has 8 heteroatoms. The van der Waals surface area contributed by atoms with Gasteiger partial charge in [0.2, 0.25) is 5.09 Å². The van der Waals surface area contributed by atoms with Crippen molar-refractivity contribution < 1.29 is 17.6 Å². The second-order valence-electron chi connectivity index (χ2n) is 4.57. The molecule has 1 aromatic carbocycles. The molecule has 1 atom stereocenters. The zero-order valence-corrected chi connectivity index (χ0v) is 13.5. The van der Waals surface area contributed by atoms with E-state index in [1.807, 2.05) is 0 Å². The summed E-state index contributed by atoms with van der Waals surface area (Å²) in [6, 6.07) is 9.31. The Morgan fingerprint density at radius 3 is 2.41 bits per heavy atom. The van der Waals surface area contributed by atoms with Gasteiger partial charge >= 0.3 is 0 Å². The average Bonchev–Trinajstić information content (AvgIpc) is 2.98. The Hall–Kier alpha value is -1.83. The van der Waals surface area contributed by atoms with Gasteiger partial charge in [-0.05, 0) is 43.8 Å². The molecular formula is C14H15ClN2O4S. The van der Waals surface area contributed by atoms with Crippen LogP contribution in [0.25, 0.3) is 0 Å². The molecule has 0 fully saturated rings. The van der Waals surface area contributed by atoms with Crippen molar-refractivity contribution in [2.24, 2.45) is 0 Å². The third kappa shape index (κ3) is 3.68. The minimum atomic E-state index is -3.71. The van der Waals surface area contributed by atoms with Crippen LogP contribution in [0.3, 0.4) is 0 Å². The third-order valence-electron chi connectivity index (χ3n) is 3.06. The summed E-state index contributed by atoms with van der Waals surface area (Å²) in [6.07, 6.45) is 0. The molecular weight excluding hydrogens is 328 g/mol. The van der Waals surface area contributed by atoms with Gasteiger partial charge in [0.1, 0.15) is 0 Å². The number of furan rings is 1. The molecule has 118 valence electrons. The van der Waals surface area contributed by atoms with Crippen molar-refractivity contribution in [1.29, 1.82) is 0 Å². The Kier molecular flexibility index (Phi) is 4.90. The molecule has 0 saturated carbocycles. The predicted molar refractivity (Wildman–Crippen MR) is 82.3 cm³/mol. The van der Waals surface area contributed by atoms with E-state index >= 15 is 0 Å². The highest BCUT2D eigenvalue weighted by molar-refractivity contribution is 7.89.